The van der Waals surface area contributed by atoms with E-state index in [1.807, 2.05) is 6.92 Å². The lowest BCUT2D eigenvalue weighted by atomic mass is 10.0. The van der Waals surface area contributed by atoms with Gasteiger partial charge in [0.2, 0.25) is 0 Å². The second-order valence-corrected chi connectivity index (χ2v) is 11.7. The molecule has 0 spiro atoms. The van der Waals surface area contributed by atoms with Crippen molar-refractivity contribution >= 4 is 17.7 Å². The molecule has 0 N–H and O–H groups in total. The number of fused-ring (bicyclic) bond motifs is 1. The predicted octanol–water partition coefficient (Wildman–Crippen LogP) is 3.46. The molecule has 1 aromatic rings. The van der Waals surface area contributed by atoms with Gasteiger partial charge in [0.15, 0.2) is 12.1 Å². The number of hydrogen-bond donors (Lipinski definition) is 0. The SMILES string of the molecule is CCOP(=O)(C[C@H]1[C@H]2OC(C)(C)O[C@H]2O[C@@H]1COS(=O)(=O)c1ccc(C)cc1)OCC. The van der Waals surface area contributed by atoms with Gasteiger partial charge in [0, 0.05) is 5.92 Å². The van der Waals surface area contributed by atoms with E-state index in [1.54, 1.807) is 39.8 Å². The summed E-state index contributed by atoms with van der Waals surface area (Å²) in [5, 5.41) is 0. The number of aryl methyl sites for hydroxylation is 1. The van der Waals surface area contributed by atoms with E-state index in [1.165, 1.54) is 12.1 Å². The van der Waals surface area contributed by atoms with Gasteiger partial charge in [0.25, 0.3) is 10.1 Å². The standard InChI is InChI=1S/C20H31O9PS/c1-6-24-30(21,25-7-2)13-16-17(27-19-18(16)28-20(4,5)29-19)12-26-31(22,23)15-10-8-14(3)9-11-15/h8-11,16-19H,6-7,12-13H2,1-5H3/t16-,17-,18-,19-/m1/s1. The van der Waals surface area contributed by atoms with Gasteiger partial charge >= 0.3 is 7.60 Å². The molecular weight excluding hydrogens is 447 g/mol. The minimum Gasteiger partial charge on any atom is -0.344 e. The molecule has 4 atom stereocenters. The molecule has 2 aliphatic heterocycles. The molecule has 0 aliphatic carbocycles. The zero-order valence-corrected chi connectivity index (χ0v) is 20.2. The fourth-order valence-electron chi connectivity index (χ4n) is 3.75. The molecule has 31 heavy (non-hydrogen) atoms. The lowest BCUT2D eigenvalue weighted by Crippen LogP contribution is -2.35. The normalized spacial score (nSPS) is 28.0. The van der Waals surface area contributed by atoms with Crippen molar-refractivity contribution < 1.29 is 40.4 Å². The van der Waals surface area contributed by atoms with Crippen molar-refractivity contribution in [3.63, 3.8) is 0 Å². The molecule has 2 fully saturated rings. The van der Waals surface area contributed by atoms with E-state index in [4.69, 9.17) is 27.4 Å². The number of ether oxygens (including phenoxy) is 3. The van der Waals surface area contributed by atoms with E-state index >= 15 is 0 Å². The van der Waals surface area contributed by atoms with Crippen molar-refractivity contribution in [3.05, 3.63) is 29.8 Å². The lowest BCUT2D eigenvalue weighted by Gasteiger charge is -2.28. The summed E-state index contributed by atoms with van der Waals surface area (Å²) in [7, 11) is -7.44. The molecule has 11 heteroatoms. The molecule has 176 valence electrons. The van der Waals surface area contributed by atoms with Crippen LogP contribution in [0.2, 0.25) is 0 Å². The topological polar surface area (TPSA) is 107 Å². The first-order valence-electron chi connectivity index (χ1n) is 10.3. The first-order chi connectivity index (χ1) is 14.5. The van der Waals surface area contributed by atoms with Crippen LogP contribution in [0.3, 0.4) is 0 Å². The Hall–Kier alpha value is -0.840. The van der Waals surface area contributed by atoms with Crippen molar-refractivity contribution in [2.45, 2.75) is 63.8 Å². The van der Waals surface area contributed by atoms with Crippen LogP contribution in [0.1, 0.15) is 33.3 Å². The van der Waals surface area contributed by atoms with Gasteiger partial charge in [0.1, 0.15) is 6.10 Å². The summed E-state index contributed by atoms with van der Waals surface area (Å²) in [6, 6.07) is 6.36. The van der Waals surface area contributed by atoms with Gasteiger partial charge < -0.3 is 23.3 Å². The highest BCUT2D eigenvalue weighted by Crippen LogP contribution is 2.54. The molecule has 2 aliphatic rings. The van der Waals surface area contributed by atoms with E-state index in [0.29, 0.717) is 0 Å². The molecule has 0 amide bonds. The van der Waals surface area contributed by atoms with E-state index < -0.39 is 47.9 Å². The average molecular weight is 479 g/mol. The van der Waals surface area contributed by atoms with Crippen molar-refractivity contribution in [3.8, 4) is 0 Å². The molecule has 0 unspecified atom stereocenters. The van der Waals surface area contributed by atoms with Crippen LogP contribution in [-0.2, 0) is 42.1 Å². The Balaban J connectivity index is 1.77. The second kappa shape index (κ2) is 9.57. The van der Waals surface area contributed by atoms with Gasteiger partial charge in [-0.15, -0.1) is 0 Å². The Bertz CT molecular complexity index is 890. The summed E-state index contributed by atoms with van der Waals surface area (Å²) in [5.41, 5.74) is 0.936. The fraction of sp³-hybridized carbons (Fsp3) is 0.700. The summed E-state index contributed by atoms with van der Waals surface area (Å²) < 4.78 is 72.2. The van der Waals surface area contributed by atoms with Crippen LogP contribution in [0.25, 0.3) is 0 Å². The third kappa shape index (κ3) is 5.94. The Morgan fingerprint density at radius 1 is 1.06 bits per heavy atom. The first-order valence-corrected chi connectivity index (χ1v) is 13.5. The molecule has 0 aromatic heterocycles. The highest BCUT2D eigenvalue weighted by atomic mass is 32.2. The van der Waals surface area contributed by atoms with Gasteiger partial charge in [-0.2, -0.15) is 8.42 Å². The Labute approximate surface area is 184 Å². The highest BCUT2D eigenvalue weighted by Gasteiger charge is 2.56. The minimum absolute atomic E-state index is 0.00606. The van der Waals surface area contributed by atoms with Crippen molar-refractivity contribution in [2.75, 3.05) is 26.0 Å². The minimum atomic E-state index is -3.99. The van der Waals surface area contributed by atoms with E-state index in [-0.39, 0.29) is 30.9 Å². The molecule has 2 heterocycles. The molecule has 0 saturated carbocycles. The van der Waals surface area contributed by atoms with Gasteiger partial charge in [-0.1, -0.05) is 17.7 Å². The summed E-state index contributed by atoms with van der Waals surface area (Å²) in [4.78, 5) is 0.0516. The molecule has 3 rings (SSSR count). The van der Waals surface area contributed by atoms with Crippen LogP contribution in [0.15, 0.2) is 29.2 Å². The molecule has 2 saturated heterocycles. The third-order valence-electron chi connectivity index (χ3n) is 5.08. The van der Waals surface area contributed by atoms with Crippen LogP contribution in [0, 0.1) is 12.8 Å². The van der Waals surface area contributed by atoms with Crippen LogP contribution in [0.4, 0.5) is 0 Å². The average Bonchev–Trinajstić information content (AvgIpc) is 3.13. The van der Waals surface area contributed by atoms with E-state index in [0.717, 1.165) is 5.56 Å². The molecule has 0 radical (unpaired) electrons. The zero-order chi connectivity index (χ0) is 22.9. The summed E-state index contributed by atoms with van der Waals surface area (Å²) in [5.74, 6) is -1.39. The fourth-order valence-corrected chi connectivity index (χ4v) is 6.70. The maximum absolute atomic E-state index is 13.2. The smallest absolute Gasteiger partial charge is 0.331 e. The molecular formula is C20H31O9PS. The summed E-state index contributed by atoms with van der Waals surface area (Å²) in [6.45, 7) is 8.98. The maximum Gasteiger partial charge on any atom is 0.331 e. The zero-order valence-electron chi connectivity index (χ0n) is 18.5. The summed E-state index contributed by atoms with van der Waals surface area (Å²) in [6.07, 6.45) is -2.03. The van der Waals surface area contributed by atoms with Gasteiger partial charge in [0.05, 0.1) is 37.0 Å². The maximum atomic E-state index is 13.2. The van der Waals surface area contributed by atoms with Gasteiger partial charge in [-0.05, 0) is 46.8 Å². The van der Waals surface area contributed by atoms with E-state index in [2.05, 4.69) is 0 Å². The Kier molecular flexibility index (Phi) is 7.65. The lowest BCUT2D eigenvalue weighted by molar-refractivity contribution is -0.211. The number of hydrogen-bond acceptors (Lipinski definition) is 9. The monoisotopic (exact) mass is 478 g/mol. The molecule has 0 bridgehead atoms. The van der Waals surface area contributed by atoms with Crippen molar-refractivity contribution in [2.24, 2.45) is 5.92 Å². The van der Waals surface area contributed by atoms with Crippen LogP contribution < -0.4 is 0 Å². The Morgan fingerprint density at radius 3 is 2.26 bits per heavy atom. The predicted molar refractivity (Wildman–Crippen MR) is 112 cm³/mol. The molecule has 1 aromatic carbocycles. The van der Waals surface area contributed by atoms with Crippen molar-refractivity contribution in [1.82, 2.24) is 0 Å². The first kappa shape index (κ1) is 24.8. The van der Waals surface area contributed by atoms with Crippen LogP contribution in [-0.4, -0.2) is 58.7 Å². The molecule has 9 nitrogen and oxygen atoms in total. The largest absolute Gasteiger partial charge is 0.344 e. The highest BCUT2D eigenvalue weighted by molar-refractivity contribution is 7.86. The van der Waals surface area contributed by atoms with Gasteiger partial charge in [-0.25, -0.2) is 0 Å². The van der Waals surface area contributed by atoms with Crippen molar-refractivity contribution in [1.29, 1.82) is 0 Å². The number of benzene rings is 1. The summed E-state index contributed by atoms with van der Waals surface area (Å²) >= 11 is 0. The Morgan fingerprint density at radius 2 is 1.68 bits per heavy atom. The third-order valence-corrected chi connectivity index (χ3v) is 8.55. The second-order valence-electron chi connectivity index (χ2n) is 7.99. The quantitative estimate of drug-likeness (QED) is 0.369. The van der Waals surface area contributed by atoms with Crippen LogP contribution >= 0.6 is 7.60 Å². The van der Waals surface area contributed by atoms with E-state index in [9.17, 15) is 13.0 Å². The van der Waals surface area contributed by atoms with Gasteiger partial charge in [-0.3, -0.25) is 8.75 Å². The van der Waals surface area contributed by atoms with Crippen LogP contribution in [0.5, 0.6) is 0 Å². The number of rotatable bonds is 10.